The van der Waals surface area contributed by atoms with Gasteiger partial charge in [0.25, 0.3) is 0 Å². The van der Waals surface area contributed by atoms with Crippen molar-refractivity contribution in [3.8, 4) is 0 Å². The monoisotopic (exact) mass is 613 g/mol. The number of amides is 5. The van der Waals surface area contributed by atoms with E-state index in [1.54, 1.807) is 0 Å². The normalized spacial score (nSPS) is 17.3. The third kappa shape index (κ3) is 14.8. The van der Waals surface area contributed by atoms with E-state index in [-0.39, 0.29) is 38.0 Å². The molecule has 16 nitrogen and oxygen atoms in total. The Morgan fingerprint density at radius 2 is 1.35 bits per heavy atom. The zero-order valence-electron chi connectivity index (χ0n) is 24.9. The van der Waals surface area contributed by atoms with Gasteiger partial charge in [0, 0.05) is 12.8 Å². The summed E-state index contributed by atoms with van der Waals surface area (Å²) in [4.78, 5) is 86.4. The number of primary amides is 1. The number of nitrogens with one attached hydrogen (secondary N) is 5. The molecule has 0 bridgehead atoms. The Labute approximate surface area is 250 Å². The van der Waals surface area contributed by atoms with E-state index in [1.807, 2.05) is 13.8 Å². The molecule has 5 amide bonds. The molecule has 0 aliphatic carbocycles. The number of carboxylic acid groups (broad SMARTS) is 2. The second-order valence-corrected chi connectivity index (χ2v) is 11.1. The van der Waals surface area contributed by atoms with Gasteiger partial charge >= 0.3 is 11.9 Å². The predicted molar refractivity (Wildman–Crippen MR) is 154 cm³/mol. The van der Waals surface area contributed by atoms with Crippen molar-refractivity contribution < 1.29 is 43.8 Å². The van der Waals surface area contributed by atoms with Crippen LogP contribution in [0.1, 0.15) is 78.1 Å². The second kappa shape index (κ2) is 19.4. The highest BCUT2D eigenvalue weighted by Gasteiger charge is 2.33. The minimum Gasteiger partial charge on any atom is -0.481 e. The number of hydrogen-bond acceptors (Lipinski definition) is 9. The number of nitrogens with two attached hydrogens (primary N) is 2. The summed E-state index contributed by atoms with van der Waals surface area (Å²) >= 11 is 0. The van der Waals surface area contributed by atoms with Crippen LogP contribution in [-0.4, -0.2) is 95.0 Å². The molecule has 0 saturated carbocycles. The van der Waals surface area contributed by atoms with E-state index >= 15 is 0 Å². The molecule has 0 spiro atoms. The first-order chi connectivity index (χ1) is 20.2. The lowest BCUT2D eigenvalue weighted by atomic mass is 10.0. The number of rotatable bonds is 21. The van der Waals surface area contributed by atoms with Gasteiger partial charge in [0.15, 0.2) is 0 Å². The lowest BCUT2D eigenvalue weighted by Crippen LogP contribution is -2.58. The van der Waals surface area contributed by atoms with Gasteiger partial charge < -0.3 is 48.3 Å². The topological polar surface area (TPSA) is 272 Å². The van der Waals surface area contributed by atoms with Gasteiger partial charge in [-0.05, 0) is 70.4 Å². The van der Waals surface area contributed by atoms with Crippen LogP contribution in [0.5, 0.6) is 0 Å². The van der Waals surface area contributed by atoms with Crippen LogP contribution in [0, 0.1) is 5.92 Å². The van der Waals surface area contributed by atoms with Crippen LogP contribution in [0.15, 0.2) is 0 Å². The van der Waals surface area contributed by atoms with Gasteiger partial charge in [-0.3, -0.25) is 28.8 Å². The molecule has 244 valence electrons. The molecule has 0 aromatic heterocycles. The number of carbonyl (C=O) groups excluding carboxylic acids is 5. The van der Waals surface area contributed by atoms with Gasteiger partial charge in [-0.15, -0.1) is 0 Å². The Morgan fingerprint density at radius 1 is 0.791 bits per heavy atom. The largest absolute Gasteiger partial charge is 0.481 e. The molecule has 1 aliphatic rings. The van der Waals surface area contributed by atoms with Crippen molar-refractivity contribution in [3.63, 3.8) is 0 Å². The molecule has 0 aromatic rings. The Bertz CT molecular complexity index is 986. The van der Waals surface area contributed by atoms with Crippen LogP contribution in [0.25, 0.3) is 0 Å². The third-order valence-corrected chi connectivity index (χ3v) is 6.87. The van der Waals surface area contributed by atoms with Crippen LogP contribution in [0.3, 0.4) is 0 Å². The molecule has 5 atom stereocenters. The lowest BCUT2D eigenvalue weighted by molar-refractivity contribution is -0.143. The van der Waals surface area contributed by atoms with Crippen molar-refractivity contribution in [2.75, 3.05) is 13.1 Å². The molecule has 0 aromatic carbocycles. The Hall–Kier alpha value is -3.79. The van der Waals surface area contributed by atoms with E-state index in [9.17, 15) is 38.7 Å². The Balaban J connectivity index is 3.09. The van der Waals surface area contributed by atoms with E-state index in [1.165, 1.54) is 0 Å². The van der Waals surface area contributed by atoms with E-state index in [0.29, 0.717) is 32.4 Å². The summed E-state index contributed by atoms with van der Waals surface area (Å²) in [5.74, 6) is -6.09. The van der Waals surface area contributed by atoms with Crippen LogP contribution in [0.4, 0.5) is 0 Å². The van der Waals surface area contributed by atoms with E-state index < -0.39 is 78.1 Å². The molecular formula is C27H47N7O9. The van der Waals surface area contributed by atoms with Crippen molar-refractivity contribution in [2.24, 2.45) is 17.4 Å². The van der Waals surface area contributed by atoms with E-state index in [4.69, 9.17) is 16.6 Å². The van der Waals surface area contributed by atoms with Gasteiger partial charge in [-0.25, -0.2) is 4.79 Å². The fourth-order valence-corrected chi connectivity index (χ4v) is 4.54. The fourth-order valence-electron chi connectivity index (χ4n) is 4.54. The minimum absolute atomic E-state index is 0.0886. The molecule has 1 fully saturated rings. The Morgan fingerprint density at radius 3 is 1.86 bits per heavy atom. The van der Waals surface area contributed by atoms with Crippen molar-refractivity contribution in [2.45, 2.75) is 108 Å². The standard InChI is InChI=1S/C27H47N7O9/c1-15(2)14-20(34-25(40)18(8-10-21(29)35)32-23(38)16-7-5-13-30-16)26(41)31-17(6-3-4-12-28)24(39)33-19(27(42)43)9-11-22(36)37/h15-20,30H,3-14,28H2,1-2H3,(H2,29,35)(H,31,41)(H,32,38)(H,33,39)(H,34,40)(H,36,37)(H,42,43)/t16-,17-,18-,19-,20-/m0/s1. The third-order valence-electron chi connectivity index (χ3n) is 6.87. The van der Waals surface area contributed by atoms with Gasteiger partial charge in [-0.2, -0.15) is 0 Å². The number of hydrogen-bond donors (Lipinski definition) is 9. The summed E-state index contributed by atoms with van der Waals surface area (Å²) < 4.78 is 0. The average Bonchev–Trinajstić information content (AvgIpc) is 3.46. The highest BCUT2D eigenvalue weighted by molar-refractivity contribution is 5.95. The minimum atomic E-state index is -1.49. The maximum Gasteiger partial charge on any atom is 0.326 e. The van der Waals surface area contributed by atoms with Gasteiger partial charge in [0.1, 0.15) is 24.2 Å². The first-order valence-electron chi connectivity index (χ1n) is 14.6. The quantitative estimate of drug-likeness (QED) is 0.0643. The number of carbonyl (C=O) groups is 7. The zero-order chi connectivity index (χ0) is 32.5. The lowest BCUT2D eigenvalue weighted by Gasteiger charge is -2.27. The first kappa shape index (κ1) is 37.2. The van der Waals surface area contributed by atoms with Gasteiger partial charge in [-0.1, -0.05) is 13.8 Å². The van der Waals surface area contributed by atoms with Crippen molar-refractivity contribution in [1.29, 1.82) is 0 Å². The molecule has 1 saturated heterocycles. The molecule has 43 heavy (non-hydrogen) atoms. The molecule has 1 aliphatic heterocycles. The predicted octanol–water partition coefficient (Wildman–Crippen LogP) is -1.93. The summed E-state index contributed by atoms with van der Waals surface area (Å²) in [6.45, 7) is 4.60. The van der Waals surface area contributed by atoms with Gasteiger partial charge in [0.2, 0.25) is 29.5 Å². The Kier molecular flexibility index (Phi) is 16.8. The molecule has 0 radical (unpaired) electrons. The van der Waals surface area contributed by atoms with Crippen LogP contribution < -0.4 is 38.1 Å². The van der Waals surface area contributed by atoms with Crippen molar-refractivity contribution in [3.05, 3.63) is 0 Å². The first-order valence-corrected chi connectivity index (χ1v) is 14.6. The molecule has 1 rings (SSSR count). The molecule has 16 heteroatoms. The maximum absolute atomic E-state index is 13.4. The molecule has 0 unspecified atom stereocenters. The summed E-state index contributed by atoms with van der Waals surface area (Å²) in [6, 6.07) is -5.48. The summed E-state index contributed by atoms with van der Waals surface area (Å²) in [6.07, 6.45) is 1.44. The number of carboxylic acids is 2. The number of unbranched alkanes of at least 4 members (excludes halogenated alkanes) is 1. The van der Waals surface area contributed by atoms with E-state index in [0.717, 1.165) is 6.42 Å². The fraction of sp³-hybridized carbons (Fsp3) is 0.741. The van der Waals surface area contributed by atoms with Gasteiger partial charge in [0.05, 0.1) is 6.04 Å². The maximum atomic E-state index is 13.4. The van der Waals surface area contributed by atoms with E-state index in [2.05, 4.69) is 26.6 Å². The van der Waals surface area contributed by atoms with Crippen molar-refractivity contribution >= 4 is 41.5 Å². The zero-order valence-corrected chi connectivity index (χ0v) is 24.9. The van der Waals surface area contributed by atoms with Crippen LogP contribution in [-0.2, 0) is 33.6 Å². The second-order valence-electron chi connectivity index (χ2n) is 11.1. The summed E-state index contributed by atoms with van der Waals surface area (Å²) in [5, 5.41) is 31.5. The SMILES string of the molecule is CC(C)C[C@H](NC(=O)[C@H](CCC(N)=O)NC(=O)[C@@H]1CCCN1)C(=O)N[C@@H](CCCCN)C(=O)N[C@@H](CCC(=O)O)C(=O)O. The molecule has 1 heterocycles. The summed E-state index contributed by atoms with van der Waals surface area (Å²) in [5.41, 5.74) is 10.8. The van der Waals surface area contributed by atoms with Crippen LogP contribution >= 0.6 is 0 Å². The summed E-state index contributed by atoms with van der Waals surface area (Å²) in [7, 11) is 0. The highest BCUT2D eigenvalue weighted by atomic mass is 16.4. The number of aliphatic carboxylic acids is 2. The van der Waals surface area contributed by atoms with Crippen molar-refractivity contribution in [1.82, 2.24) is 26.6 Å². The smallest absolute Gasteiger partial charge is 0.326 e. The average molecular weight is 614 g/mol. The molecular weight excluding hydrogens is 566 g/mol. The van der Waals surface area contributed by atoms with Crippen LogP contribution in [0.2, 0.25) is 0 Å². The highest BCUT2D eigenvalue weighted by Crippen LogP contribution is 2.11. The molecule has 11 N–H and O–H groups in total.